The number of nitrogen functional groups attached to an aromatic ring is 1. The van der Waals surface area contributed by atoms with Crippen LogP contribution in [0.15, 0.2) is 70.4 Å². The lowest BCUT2D eigenvalue weighted by molar-refractivity contribution is 0.898. The zero-order valence-electron chi connectivity index (χ0n) is 11.1. The van der Waals surface area contributed by atoms with E-state index in [2.05, 4.69) is 26.0 Å². The SMILES string of the molecule is Nc1nc(-c2ccccc2)cn1/N=C/c1ccc(Br)cc1. The van der Waals surface area contributed by atoms with Gasteiger partial charge in [0.1, 0.15) is 0 Å². The minimum Gasteiger partial charge on any atom is -0.368 e. The largest absolute Gasteiger partial charge is 0.368 e. The van der Waals surface area contributed by atoms with Crippen LogP contribution in [-0.4, -0.2) is 15.9 Å². The lowest BCUT2D eigenvalue weighted by atomic mass is 10.2. The number of aromatic nitrogens is 2. The second-order valence-electron chi connectivity index (χ2n) is 4.49. The Balaban J connectivity index is 1.86. The Hall–Kier alpha value is -2.40. The predicted octanol–water partition coefficient (Wildman–Crippen LogP) is 3.78. The normalized spacial score (nSPS) is 11.1. The molecule has 1 heterocycles. The zero-order valence-corrected chi connectivity index (χ0v) is 12.7. The average Bonchev–Trinajstić information content (AvgIpc) is 2.89. The molecule has 0 radical (unpaired) electrons. The minimum atomic E-state index is 0.363. The number of benzene rings is 2. The highest BCUT2D eigenvalue weighted by Gasteiger charge is 2.05. The number of imidazole rings is 1. The molecule has 2 N–H and O–H groups in total. The summed E-state index contributed by atoms with van der Waals surface area (Å²) in [6, 6.07) is 17.8. The number of anilines is 1. The highest BCUT2D eigenvalue weighted by atomic mass is 79.9. The predicted molar refractivity (Wildman–Crippen MR) is 89.2 cm³/mol. The van der Waals surface area contributed by atoms with Crippen molar-refractivity contribution in [3.63, 3.8) is 0 Å². The van der Waals surface area contributed by atoms with Crippen molar-refractivity contribution >= 4 is 28.1 Å². The molecule has 1 aromatic heterocycles. The molecule has 104 valence electrons. The third-order valence-electron chi connectivity index (χ3n) is 2.99. The fourth-order valence-electron chi connectivity index (χ4n) is 1.90. The van der Waals surface area contributed by atoms with Crippen LogP contribution in [0.4, 0.5) is 5.95 Å². The highest BCUT2D eigenvalue weighted by Crippen LogP contribution is 2.19. The second kappa shape index (κ2) is 5.93. The van der Waals surface area contributed by atoms with Crippen molar-refractivity contribution in [3.05, 3.63) is 70.8 Å². The molecule has 0 amide bonds. The van der Waals surface area contributed by atoms with Crippen molar-refractivity contribution in [2.45, 2.75) is 0 Å². The van der Waals surface area contributed by atoms with Crippen LogP contribution >= 0.6 is 15.9 Å². The first kappa shape index (κ1) is 13.6. The van der Waals surface area contributed by atoms with E-state index in [0.717, 1.165) is 21.3 Å². The van der Waals surface area contributed by atoms with Crippen molar-refractivity contribution in [2.24, 2.45) is 5.10 Å². The smallest absolute Gasteiger partial charge is 0.221 e. The van der Waals surface area contributed by atoms with Crippen molar-refractivity contribution in [3.8, 4) is 11.3 Å². The van der Waals surface area contributed by atoms with Gasteiger partial charge in [-0.05, 0) is 17.7 Å². The van der Waals surface area contributed by atoms with E-state index in [1.807, 2.05) is 60.8 Å². The summed E-state index contributed by atoms with van der Waals surface area (Å²) in [7, 11) is 0. The van der Waals surface area contributed by atoms with Gasteiger partial charge in [-0.1, -0.05) is 58.4 Å². The molecule has 3 rings (SSSR count). The molecular weight excluding hydrogens is 328 g/mol. The molecule has 4 nitrogen and oxygen atoms in total. The summed E-state index contributed by atoms with van der Waals surface area (Å²) in [6.07, 6.45) is 3.57. The van der Waals surface area contributed by atoms with Gasteiger partial charge in [-0.25, -0.2) is 9.66 Å². The summed E-state index contributed by atoms with van der Waals surface area (Å²) in [5.41, 5.74) is 8.71. The third kappa shape index (κ3) is 3.20. The Morgan fingerprint density at radius 3 is 2.48 bits per heavy atom. The van der Waals surface area contributed by atoms with E-state index >= 15 is 0 Å². The van der Waals surface area contributed by atoms with Crippen LogP contribution in [0.3, 0.4) is 0 Å². The van der Waals surface area contributed by atoms with Gasteiger partial charge < -0.3 is 5.73 Å². The Morgan fingerprint density at radius 1 is 1.05 bits per heavy atom. The monoisotopic (exact) mass is 340 g/mol. The van der Waals surface area contributed by atoms with Gasteiger partial charge in [0.2, 0.25) is 5.95 Å². The van der Waals surface area contributed by atoms with Gasteiger partial charge in [-0.3, -0.25) is 0 Å². The molecule has 0 fully saturated rings. The maximum absolute atomic E-state index is 5.90. The second-order valence-corrected chi connectivity index (χ2v) is 5.41. The van der Waals surface area contributed by atoms with Crippen LogP contribution in [0.5, 0.6) is 0 Å². The fraction of sp³-hybridized carbons (Fsp3) is 0. The molecule has 0 atom stereocenters. The van der Waals surface area contributed by atoms with Gasteiger partial charge in [-0.15, -0.1) is 0 Å². The van der Waals surface area contributed by atoms with Crippen molar-refractivity contribution in [1.29, 1.82) is 0 Å². The van der Waals surface area contributed by atoms with E-state index in [-0.39, 0.29) is 0 Å². The summed E-state index contributed by atoms with van der Waals surface area (Å²) in [6.45, 7) is 0. The summed E-state index contributed by atoms with van der Waals surface area (Å²) in [5, 5.41) is 4.34. The molecule has 2 aromatic carbocycles. The number of hydrogen-bond acceptors (Lipinski definition) is 3. The van der Waals surface area contributed by atoms with Gasteiger partial charge in [-0.2, -0.15) is 5.10 Å². The molecule has 0 aliphatic carbocycles. The molecule has 0 aliphatic heterocycles. The number of halogens is 1. The van der Waals surface area contributed by atoms with E-state index in [1.54, 1.807) is 10.9 Å². The summed E-state index contributed by atoms with van der Waals surface area (Å²) >= 11 is 3.40. The number of rotatable bonds is 3. The zero-order chi connectivity index (χ0) is 14.7. The quantitative estimate of drug-likeness (QED) is 0.737. The molecule has 0 spiro atoms. The molecule has 0 bridgehead atoms. The fourth-order valence-corrected chi connectivity index (χ4v) is 2.17. The average molecular weight is 341 g/mol. The van der Waals surface area contributed by atoms with Crippen molar-refractivity contribution < 1.29 is 0 Å². The lowest BCUT2D eigenvalue weighted by Crippen LogP contribution is -1.96. The molecule has 0 unspecified atom stereocenters. The Kier molecular flexibility index (Phi) is 3.83. The van der Waals surface area contributed by atoms with E-state index in [9.17, 15) is 0 Å². The Morgan fingerprint density at radius 2 is 1.76 bits per heavy atom. The van der Waals surface area contributed by atoms with Gasteiger partial charge in [0.05, 0.1) is 18.1 Å². The van der Waals surface area contributed by atoms with Gasteiger partial charge in [0, 0.05) is 10.0 Å². The number of nitrogens with two attached hydrogens (primary N) is 1. The number of hydrogen-bond donors (Lipinski definition) is 1. The van der Waals surface area contributed by atoms with Crippen LogP contribution in [0, 0.1) is 0 Å². The molecule has 21 heavy (non-hydrogen) atoms. The Bertz CT molecular complexity index is 761. The van der Waals surface area contributed by atoms with E-state index in [0.29, 0.717) is 5.95 Å². The van der Waals surface area contributed by atoms with E-state index < -0.39 is 0 Å². The third-order valence-corrected chi connectivity index (χ3v) is 3.51. The van der Waals surface area contributed by atoms with Crippen LogP contribution in [0.1, 0.15) is 5.56 Å². The highest BCUT2D eigenvalue weighted by molar-refractivity contribution is 9.10. The van der Waals surface area contributed by atoms with Crippen molar-refractivity contribution in [2.75, 3.05) is 5.73 Å². The Labute approximate surface area is 131 Å². The van der Waals surface area contributed by atoms with Crippen molar-refractivity contribution in [1.82, 2.24) is 9.66 Å². The number of nitrogens with zero attached hydrogens (tertiary/aromatic N) is 3. The summed E-state index contributed by atoms with van der Waals surface area (Å²) < 4.78 is 2.61. The molecule has 0 aliphatic rings. The van der Waals surface area contributed by atoms with Crippen LogP contribution < -0.4 is 5.73 Å². The van der Waals surface area contributed by atoms with Gasteiger partial charge >= 0.3 is 0 Å². The topological polar surface area (TPSA) is 56.2 Å². The molecule has 0 saturated heterocycles. The lowest BCUT2D eigenvalue weighted by Gasteiger charge is -1.96. The van der Waals surface area contributed by atoms with Crippen LogP contribution in [-0.2, 0) is 0 Å². The van der Waals surface area contributed by atoms with Gasteiger partial charge in [0.25, 0.3) is 0 Å². The molecule has 5 heteroatoms. The van der Waals surface area contributed by atoms with Gasteiger partial charge in [0.15, 0.2) is 0 Å². The summed E-state index contributed by atoms with van der Waals surface area (Å²) in [5.74, 6) is 0.363. The minimum absolute atomic E-state index is 0.363. The maximum Gasteiger partial charge on any atom is 0.221 e. The van der Waals surface area contributed by atoms with Crippen LogP contribution in [0.25, 0.3) is 11.3 Å². The molecule has 3 aromatic rings. The molecular formula is C16H13BrN4. The standard InChI is InChI=1S/C16H13BrN4/c17-14-8-6-12(7-9-14)10-19-21-11-15(20-16(21)18)13-4-2-1-3-5-13/h1-11H,(H2,18,20)/b19-10+. The first-order valence-corrected chi connectivity index (χ1v) is 7.22. The van der Waals surface area contributed by atoms with E-state index in [1.165, 1.54) is 0 Å². The van der Waals surface area contributed by atoms with Crippen LogP contribution in [0.2, 0.25) is 0 Å². The first-order valence-electron chi connectivity index (χ1n) is 6.42. The summed E-state index contributed by atoms with van der Waals surface area (Å²) in [4.78, 5) is 4.33. The first-order chi connectivity index (χ1) is 10.2. The van der Waals surface area contributed by atoms with E-state index in [4.69, 9.17) is 5.73 Å². The molecule has 0 saturated carbocycles. The maximum atomic E-state index is 5.90.